The normalized spacial score (nSPS) is 19.0. The van der Waals surface area contributed by atoms with E-state index in [2.05, 4.69) is 38.8 Å². The summed E-state index contributed by atoms with van der Waals surface area (Å²) in [6, 6.07) is 10.3. The monoisotopic (exact) mass is 259 g/mol. The highest BCUT2D eigenvalue weighted by atomic mass is 32.2. The summed E-state index contributed by atoms with van der Waals surface area (Å²) in [4.78, 5) is 4.40. The standard InChI is InChI=1S/C14H17N3S/c1-2-5-12(6-3-1)17-9-8-15-14(17)16-11-13-7-4-10-18-13/h1-3,5-6,8-9,13H,4,7,10-11H2,(H,15,16). The van der Waals surface area contributed by atoms with Crippen LogP contribution in [0.3, 0.4) is 0 Å². The lowest BCUT2D eigenvalue weighted by Crippen LogP contribution is -2.16. The zero-order chi connectivity index (χ0) is 12.2. The molecule has 3 nitrogen and oxygen atoms in total. The summed E-state index contributed by atoms with van der Waals surface area (Å²) < 4.78 is 2.10. The van der Waals surface area contributed by atoms with Crippen molar-refractivity contribution in [2.75, 3.05) is 17.6 Å². The molecule has 1 aromatic carbocycles. The number of nitrogens with zero attached hydrogens (tertiary/aromatic N) is 2. The highest BCUT2D eigenvalue weighted by molar-refractivity contribution is 8.00. The molecular weight excluding hydrogens is 242 g/mol. The van der Waals surface area contributed by atoms with Gasteiger partial charge in [0.25, 0.3) is 0 Å². The van der Waals surface area contributed by atoms with Gasteiger partial charge in [-0.05, 0) is 30.7 Å². The molecule has 2 heterocycles. The fourth-order valence-electron chi connectivity index (χ4n) is 2.24. The van der Waals surface area contributed by atoms with Crippen molar-refractivity contribution in [3.63, 3.8) is 0 Å². The first-order valence-corrected chi connectivity index (χ1v) is 7.42. The lowest BCUT2D eigenvalue weighted by molar-refractivity contribution is 0.799. The van der Waals surface area contributed by atoms with Gasteiger partial charge in [-0.25, -0.2) is 4.98 Å². The molecule has 1 atom stereocenters. The molecule has 0 bridgehead atoms. The Balaban J connectivity index is 1.71. The molecule has 0 radical (unpaired) electrons. The van der Waals surface area contributed by atoms with Crippen LogP contribution in [-0.4, -0.2) is 27.1 Å². The summed E-state index contributed by atoms with van der Waals surface area (Å²) in [5.41, 5.74) is 1.15. The van der Waals surface area contributed by atoms with Crippen LogP contribution >= 0.6 is 11.8 Å². The van der Waals surface area contributed by atoms with Gasteiger partial charge in [0, 0.05) is 29.9 Å². The van der Waals surface area contributed by atoms with E-state index in [0.29, 0.717) is 0 Å². The number of benzene rings is 1. The van der Waals surface area contributed by atoms with E-state index in [1.165, 1.54) is 18.6 Å². The molecule has 1 aromatic heterocycles. The van der Waals surface area contributed by atoms with Crippen molar-refractivity contribution in [2.45, 2.75) is 18.1 Å². The molecule has 1 saturated heterocycles. The third-order valence-electron chi connectivity index (χ3n) is 3.19. The predicted molar refractivity (Wildman–Crippen MR) is 77.5 cm³/mol. The van der Waals surface area contributed by atoms with Crippen molar-refractivity contribution < 1.29 is 0 Å². The van der Waals surface area contributed by atoms with Crippen LogP contribution in [0.5, 0.6) is 0 Å². The van der Waals surface area contributed by atoms with Gasteiger partial charge in [0.15, 0.2) is 0 Å². The van der Waals surface area contributed by atoms with Gasteiger partial charge in [-0.3, -0.25) is 4.57 Å². The van der Waals surface area contributed by atoms with Gasteiger partial charge in [0.1, 0.15) is 0 Å². The largest absolute Gasteiger partial charge is 0.354 e. The van der Waals surface area contributed by atoms with E-state index in [1.807, 2.05) is 30.6 Å². The van der Waals surface area contributed by atoms with Crippen molar-refractivity contribution in [1.29, 1.82) is 0 Å². The smallest absolute Gasteiger partial charge is 0.207 e. The van der Waals surface area contributed by atoms with Crippen molar-refractivity contribution in [1.82, 2.24) is 9.55 Å². The lowest BCUT2D eigenvalue weighted by Gasteiger charge is -2.12. The molecule has 4 heteroatoms. The topological polar surface area (TPSA) is 29.9 Å². The van der Waals surface area contributed by atoms with E-state index in [4.69, 9.17) is 0 Å². The zero-order valence-corrected chi connectivity index (χ0v) is 11.1. The number of aromatic nitrogens is 2. The summed E-state index contributed by atoms with van der Waals surface area (Å²) >= 11 is 2.07. The zero-order valence-electron chi connectivity index (χ0n) is 10.2. The summed E-state index contributed by atoms with van der Waals surface area (Å²) in [7, 11) is 0. The molecule has 3 rings (SSSR count). The Morgan fingerprint density at radius 2 is 2.22 bits per heavy atom. The summed E-state index contributed by atoms with van der Waals surface area (Å²) in [5, 5.41) is 4.21. The molecule has 0 saturated carbocycles. The Morgan fingerprint density at radius 3 is 3.00 bits per heavy atom. The van der Waals surface area contributed by atoms with Gasteiger partial charge in [-0.1, -0.05) is 18.2 Å². The van der Waals surface area contributed by atoms with Gasteiger partial charge in [-0.15, -0.1) is 0 Å². The quantitative estimate of drug-likeness (QED) is 0.914. The molecule has 1 aliphatic rings. The molecule has 1 unspecified atom stereocenters. The van der Waals surface area contributed by atoms with Crippen LogP contribution in [-0.2, 0) is 0 Å². The Labute approximate surface area is 112 Å². The second kappa shape index (κ2) is 5.48. The molecule has 18 heavy (non-hydrogen) atoms. The average molecular weight is 259 g/mol. The fraction of sp³-hybridized carbons (Fsp3) is 0.357. The number of imidazole rings is 1. The molecular formula is C14H17N3S. The highest BCUT2D eigenvalue weighted by Gasteiger charge is 2.16. The van der Waals surface area contributed by atoms with E-state index in [9.17, 15) is 0 Å². The Bertz CT molecular complexity index is 489. The fourth-order valence-corrected chi connectivity index (χ4v) is 3.44. The maximum absolute atomic E-state index is 4.40. The van der Waals surface area contributed by atoms with E-state index in [1.54, 1.807) is 0 Å². The Kier molecular flexibility index (Phi) is 3.55. The summed E-state index contributed by atoms with van der Waals surface area (Å²) in [6.45, 7) is 1.01. The predicted octanol–water partition coefficient (Wildman–Crippen LogP) is 3.18. The number of anilines is 1. The van der Waals surface area contributed by atoms with Gasteiger partial charge in [-0.2, -0.15) is 11.8 Å². The van der Waals surface area contributed by atoms with Crippen LogP contribution in [0.4, 0.5) is 5.95 Å². The number of rotatable bonds is 4. The van der Waals surface area contributed by atoms with Crippen LogP contribution in [0, 0.1) is 0 Å². The number of nitrogens with one attached hydrogen (secondary N) is 1. The molecule has 0 spiro atoms. The third kappa shape index (κ3) is 2.53. The maximum Gasteiger partial charge on any atom is 0.207 e. The van der Waals surface area contributed by atoms with Gasteiger partial charge >= 0.3 is 0 Å². The summed E-state index contributed by atoms with van der Waals surface area (Å²) in [5.74, 6) is 2.24. The van der Waals surface area contributed by atoms with E-state index >= 15 is 0 Å². The van der Waals surface area contributed by atoms with Crippen molar-refractivity contribution >= 4 is 17.7 Å². The minimum absolute atomic E-state index is 0.742. The summed E-state index contributed by atoms with van der Waals surface area (Å²) in [6.07, 6.45) is 6.52. The highest BCUT2D eigenvalue weighted by Crippen LogP contribution is 2.26. The molecule has 0 amide bonds. The minimum Gasteiger partial charge on any atom is -0.354 e. The first-order chi connectivity index (χ1) is 8.93. The van der Waals surface area contributed by atoms with Crippen LogP contribution in [0.1, 0.15) is 12.8 Å². The SMILES string of the molecule is c1ccc(-n2ccnc2NCC2CCCS2)cc1. The number of hydrogen-bond donors (Lipinski definition) is 1. The van der Waals surface area contributed by atoms with Crippen LogP contribution < -0.4 is 5.32 Å². The minimum atomic E-state index is 0.742. The van der Waals surface area contributed by atoms with Crippen LogP contribution in [0.2, 0.25) is 0 Å². The van der Waals surface area contributed by atoms with E-state index in [-0.39, 0.29) is 0 Å². The van der Waals surface area contributed by atoms with Gasteiger partial charge in [0.05, 0.1) is 0 Å². The molecule has 94 valence electrons. The van der Waals surface area contributed by atoms with E-state index in [0.717, 1.165) is 23.4 Å². The second-order valence-corrected chi connectivity index (χ2v) is 5.88. The average Bonchev–Trinajstić information content (AvgIpc) is 3.09. The van der Waals surface area contributed by atoms with Crippen molar-refractivity contribution in [3.05, 3.63) is 42.7 Å². The van der Waals surface area contributed by atoms with Crippen molar-refractivity contribution in [3.8, 4) is 5.69 Å². The molecule has 0 aliphatic carbocycles. The molecule has 1 fully saturated rings. The van der Waals surface area contributed by atoms with Crippen molar-refractivity contribution in [2.24, 2.45) is 0 Å². The van der Waals surface area contributed by atoms with Gasteiger partial charge in [0.2, 0.25) is 5.95 Å². The third-order valence-corrected chi connectivity index (χ3v) is 4.59. The first-order valence-electron chi connectivity index (χ1n) is 6.38. The van der Waals surface area contributed by atoms with Crippen LogP contribution in [0.15, 0.2) is 42.7 Å². The molecule has 1 N–H and O–H groups in total. The number of hydrogen-bond acceptors (Lipinski definition) is 3. The van der Waals surface area contributed by atoms with Gasteiger partial charge < -0.3 is 5.32 Å². The second-order valence-electron chi connectivity index (χ2n) is 4.47. The molecule has 1 aliphatic heterocycles. The Hall–Kier alpha value is -1.42. The lowest BCUT2D eigenvalue weighted by atomic mass is 10.2. The number of thioether (sulfide) groups is 1. The Morgan fingerprint density at radius 1 is 1.33 bits per heavy atom. The number of para-hydroxylation sites is 1. The maximum atomic E-state index is 4.40. The van der Waals surface area contributed by atoms with Crippen LogP contribution in [0.25, 0.3) is 5.69 Å². The molecule has 2 aromatic rings. The van der Waals surface area contributed by atoms with E-state index < -0.39 is 0 Å². The first kappa shape index (κ1) is 11.7.